The maximum atomic E-state index is 12.3. The number of nitrogens with two attached hydrogens (primary N) is 1. The first kappa shape index (κ1) is 14.9. The molecule has 0 radical (unpaired) electrons. The second kappa shape index (κ2) is 6.68. The second-order valence-corrected chi connectivity index (χ2v) is 6.82. The molecule has 0 aliphatic carbocycles. The van der Waals surface area contributed by atoms with Crippen LogP contribution in [0.15, 0.2) is 0 Å². The number of nitrogens with zero attached hydrogens (tertiary/aromatic N) is 2. The summed E-state index contributed by atoms with van der Waals surface area (Å²) >= 11 is 0. The van der Waals surface area contributed by atoms with Gasteiger partial charge in [0, 0.05) is 26.7 Å². The molecular formula is C11H25N3O2S. The molecule has 1 heterocycles. The van der Waals surface area contributed by atoms with E-state index in [1.165, 1.54) is 4.31 Å². The molecule has 0 aromatic heterocycles. The van der Waals surface area contributed by atoms with Crippen molar-refractivity contribution in [1.29, 1.82) is 0 Å². The Kier molecular flexibility index (Phi) is 5.85. The van der Waals surface area contributed by atoms with Gasteiger partial charge in [-0.3, -0.25) is 0 Å². The number of hydrogen-bond donors (Lipinski definition) is 1. The molecule has 17 heavy (non-hydrogen) atoms. The van der Waals surface area contributed by atoms with Gasteiger partial charge in [-0.15, -0.1) is 0 Å². The first-order valence-electron chi connectivity index (χ1n) is 6.43. The molecule has 2 N–H and O–H groups in total. The molecule has 1 fully saturated rings. The van der Waals surface area contributed by atoms with Crippen LogP contribution in [0.25, 0.3) is 0 Å². The number of hydrogen-bond acceptors (Lipinski definition) is 3. The van der Waals surface area contributed by atoms with Gasteiger partial charge in [-0.25, -0.2) is 0 Å². The summed E-state index contributed by atoms with van der Waals surface area (Å²) in [6.45, 7) is 4.45. The Bertz CT molecular complexity index is 319. The fraction of sp³-hybridized carbons (Fsp3) is 1.00. The molecule has 0 spiro atoms. The van der Waals surface area contributed by atoms with Crippen LogP contribution in [0.4, 0.5) is 0 Å². The fourth-order valence-corrected chi connectivity index (χ4v) is 3.64. The molecule has 0 saturated carbocycles. The van der Waals surface area contributed by atoms with E-state index >= 15 is 0 Å². The second-order valence-electron chi connectivity index (χ2n) is 4.78. The summed E-state index contributed by atoms with van der Waals surface area (Å²) < 4.78 is 27.6. The Morgan fingerprint density at radius 3 is 2.76 bits per heavy atom. The summed E-state index contributed by atoms with van der Waals surface area (Å²) in [4.78, 5) is 0. The molecule has 1 saturated heterocycles. The average Bonchev–Trinajstić information content (AvgIpc) is 2.35. The predicted octanol–water partition coefficient (Wildman–Crippen LogP) is 0.634. The third-order valence-corrected chi connectivity index (χ3v) is 5.32. The van der Waals surface area contributed by atoms with Gasteiger partial charge in [0.25, 0.3) is 10.2 Å². The van der Waals surface area contributed by atoms with Crippen LogP contribution in [0, 0.1) is 5.92 Å². The lowest BCUT2D eigenvalue weighted by molar-refractivity contribution is 0.255. The zero-order valence-corrected chi connectivity index (χ0v) is 11.7. The van der Waals surface area contributed by atoms with Crippen LogP contribution in [0.5, 0.6) is 0 Å². The van der Waals surface area contributed by atoms with Gasteiger partial charge >= 0.3 is 0 Å². The van der Waals surface area contributed by atoms with Crippen LogP contribution in [0.2, 0.25) is 0 Å². The third-order valence-electron chi connectivity index (χ3n) is 3.36. The summed E-state index contributed by atoms with van der Waals surface area (Å²) in [6, 6.07) is 0. The van der Waals surface area contributed by atoms with Crippen molar-refractivity contribution in [2.75, 3.05) is 33.2 Å². The molecule has 102 valence electrons. The van der Waals surface area contributed by atoms with Gasteiger partial charge in [-0.1, -0.05) is 13.3 Å². The third kappa shape index (κ3) is 3.91. The zero-order chi connectivity index (χ0) is 12.9. The van der Waals surface area contributed by atoms with Crippen LogP contribution in [0.3, 0.4) is 0 Å². The molecule has 1 unspecified atom stereocenters. The molecule has 6 heteroatoms. The van der Waals surface area contributed by atoms with Crippen molar-refractivity contribution in [3.05, 3.63) is 0 Å². The van der Waals surface area contributed by atoms with E-state index in [4.69, 9.17) is 5.73 Å². The molecule has 0 aromatic carbocycles. The predicted molar refractivity (Wildman–Crippen MR) is 69.8 cm³/mol. The Morgan fingerprint density at radius 1 is 1.47 bits per heavy atom. The molecule has 1 rings (SSSR count). The summed E-state index contributed by atoms with van der Waals surface area (Å²) in [5.41, 5.74) is 5.63. The number of piperidine rings is 1. The van der Waals surface area contributed by atoms with Crippen LogP contribution < -0.4 is 5.73 Å². The van der Waals surface area contributed by atoms with Crippen molar-refractivity contribution in [2.24, 2.45) is 11.7 Å². The van der Waals surface area contributed by atoms with E-state index < -0.39 is 10.2 Å². The van der Waals surface area contributed by atoms with E-state index in [1.807, 2.05) is 0 Å². The van der Waals surface area contributed by atoms with Crippen molar-refractivity contribution < 1.29 is 8.42 Å². The molecule has 1 atom stereocenters. The standard InChI is InChI=1S/C11H25N3O2S/c1-3-4-7-13(2)17(15,16)14-8-5-6-11(9-12)10-14/h11H,3-10,12H2,1-2H3. The Labute approximate surface area is 105 Å². The lowest BCUT2D eigenvalue weighted by atomic mass is 10.0. The lowest BCUT2D eigenvalue weighted by Crippen LogP contribution is -2.48. The SMILES string of the molecule is CCCCN(C)S(=O)(=O)N1CCCC(CN)C1. The highest BCUT2D eigenvalue weighted by Crippen LogP contribution is 2.19. The van der Waals surface area contributed by atoms with E-state index in [2.05, 4.69) is 6.92 Å². The normalized spacial score (nSPS) is 23.2. The Hall–Kier alpha value is -0.170. The van der Waals surface area contributed by atoms with Gasteiger partial charge < -0.3 is 5.73 Å². The highest BCUT2D eigenvalue weighted by Gasteiger charge is 2.30. The van der Waals surface area contributed by atoms with Gasteiger partial charge in [0.2, 0.25) is 0 Å². The first-order valence-corrected chi connectivity index (χ1v) is 7.83. The highest BCUT2D eigenvalue weighted by molar-refractivity contribution is 7.86. The Balaban J connectivity index is 2.62. The van der Waals surface area contributed by atoms with Crippen LogP contribution in [-0.2, 0) is 10.2 Å². The summed E-state index contributed by atoms with van der Waals surface area (Å²) in [5, 5.41) is 0. The van der Waals surface area contributed by atoms with Gasteiger partial charge in [0.05, 0.1) is 0 Å². The van der Waals surface area contributed by atoms with Gasteiger partial charge in [0.1, 0.15) is 0 Å². The molecule has 0 amide bonds. The van der Waals surface area contributed by atoms with Crippen LogP contribution in [0.1, 0.15) is 32.6 Å². The van der Waals surface area contributed by atoms with Crippen molar-refractivity contribution in [3.8, 4) is 0 Å². The van der Waals surface area contributed by atoms with Crippen LogP contribution >= 0.6 is 0 Å². The minimum atomic E-state index is -3.27. The molecule has 5 nitrogen and oxygen atoms in total. The van der Waals surface area contributed by atoms with Gasteiger partial charge in [-0.2, -0.15) is 17.0 Å². The van der Waals surface area contributed by atoms with E-state index in [-0.39, 0.29) is 0 Å². The van der Waals surface area contributed by atoms with Crippen molar-refractivity contribution in [3.63, 3.8) is 0 Å². The maximum absolute atomic E-state index is 12.3. The molecule has 0 aromatic rings. The summed E-state index contributed by atoms with van der Waals surface area (Å²) in [5.74, 6) is 0.318. The first-order chi connectivity index (χ1) is 8.02. The number of unbranched alkanes of at least 4 members (excludes halogenated alkanes) is 1. The molecule has 0 bridgehead atoms. The molecular weight excluding hydrogens is 238 g/mol. The van der Waals surface area contributed by atoms with Gasteiger partial charge in [0.15, 0.2) is 0 Å². The van der Waals surface area contributed by atoms with E-state index in [9.17, 15) is 8.42 Å². The van der Waals surface area contributed by atoms with Crippen molar-refractivity contribution in [1.82, 2.24) is 8.61 Å². The lowest BCUT2D eigenvalue weighted by Gasteiger charge is -2.33. The molecule has 1 aliphatic rings. The van der Waals surface area contributed by atoms with E-state index in [1.54, 1.807) is 11.4 Å². The van der Waals surface area contributed by atoms with E-state index in [0.29, 0.717) is 32.1 Å². The monoisotopic (exact) mass is 263 g/mol. The van der Waals surface area contributed by atoms with Crippen LogP contribution in [-0.4, -0.2) is 50.3 Å². The largest absolute Gasteiger partial charge is 0.330 e. The highest BCUT2D eigenvalue weighted by atomic mass is 32.2. The Morgan fingerprint density at radius 2 is 2.18 bits per heavy atom. The van der Waals surface area contributed by atoms with Crippen molar-refractivity contribution in [2.45, 2.75) is 32.6 Å². The number of rotatable bonds is 6. The van der Waals surface area contributed by atoms with Gasteiger partial charge in [-0.05, 0) is 31.7 Å². The smallest absolute Gasteiger partial charge is 0.281 e. The van der Waals surface area contributed by atoms with Crippen molar-refractivity contribution >= 4 is 10.2 Å². The topological polar surface area (TPSA) is 66.6 Å². The summed E-state index contributed by atoms with van der Waals surface area (Å²) in [7, 11) is -1.60. The fourth-order valence-electron chi connectivity index (χ4n) is 2.12. The minimum absolute atomic E-state index is 0.318. The average molecular weight is 263 g/mol. The minimum Gasteiger partial charge on any atom is -0.330 e. The van der Waals surface area contributed by atoms with E-state index in [0.717, 1.165) is 25.7 Å². The maximum Gasteiger partial charge on any atom is 0.281 e. The zero-order valence-electron chi connectivity index (χ0n) is 10.9. The summed E-state index contributed by atoms with van der Waals surface area (Å²) in [6.07, 6.45) is 3.87. The quantitative estimate of drug-likeness (QED) is 0.764. The molecule has 1 aliphatic heterocycles.